The number of carbonyl (C=O) groups excluding carboxylic acids is 1. The summed E-state index contributed by atoms with van der Waals surface area (Å²) in [5.41, 5.74) is 0.206. The van der Waals surface area contributed by atoms with E-state index in [1.807, 2.05) is 6.07 Å². The van der Waals surface area contributed by atoms with Crippen molar-refractivity contribution in [3.63, 3.8) is 0 Å². The number of nitrogens with zero attached hydrogens (tertiary/aromatic N) is 2. The Morgan fingerprint density at radius 3 is 2.81 bits per heavy atom. The van der Waals surface area contributed by atoms with Gasteiger partial charge >= 0.3 is 0 Å². The van der Waals surface area contributed by atoms with Crippen LogP contribution < -0.4 is 0 Å². The van der Waals surface area contributed by atoms with Crippen molar-refractivity contribution >= 4 is 12.0 Å². The second kappa shape index (κ2) is 5.28. The van der Waals surface area contributed by atoms with E-state index in [9.17, 15) is 14.9 Å². The summed E-state index contributed by atoms with van der Waals surface area (Å²) in [4.78, 5) is 20.5. The number of nitro benzene ring substituents is 1. The van der Waals surface area contributed by atoms with Gasteiger partial charge in [0.15, 0.2) is 6.29 Å². The highest BCUT2D eigenvalue weighted by Crippen LogP contribution is 2.17. The molecular formula is C11H6N2O3. The molecule has 0 bridgehead atoms. The van der Waals surface area contributed by atoms with Crippen LogP contribution in [0.15, 0.2) is 18.2 Å². The largest absolute Gasteiger partial charge is 0.298 e. The number of benzene rings is 1. The molecule has 1 aromatic carbocycles. The highest BCUT2D eigenvalue weighted by molar-refractivity contribution is 5.82. The normalized spacial score (nSPS) is 8.44. The molecule has 0 heterocycles. The molecule has 0 spiro atoms. The van der Waals surface area contributed by atoms with E-state index in [1.165, 1.54) is 18.2 Å². The van der Waals surface area contributed by atoms with Crippen LogP contribution in [-0.4, -0.2) is 11.2 Å². The van der Waals surface area contributed by atoms with Gasteiger partial charge in [-0.3, -0.25) is 14.9 Å². The molecule has 0 saturated heterocycles. The molecule has 5 heteroatoms. The van der Waals surface area contributed by atoms with Crippen LogP contribution in [-0.2, 0) is 0 Å². The molecule has 0 N–H and O–H groups in total. The van der Waals surface area contributed by atoms with E-state index >= 15 is 0 Å². The maximum Gasteiger partial charge on any atom is 0.279 e. The Balaban J connectivity index is 3.12. The summed E-state index contributed by atoms with van der Waals surface area (Å²) < 4.78 is 0. The molecule has 16 heavy (non-hydrogen) atoms. The van der Waals surface area contributed by atoms with Gasteiger partial charge in [0.25, 0.3) is 5.69 Å². The summed E-state index contributed by atoms with van der Waals surface area (Å²) in [7, 11) is 0. The Morgan fingerprint density at radius 1 is 1.50 bits per heavy atom. The van der Waals surface area contributed by atoms with Crippen LogP contribution in [0.5, 0.6) is 0 Å². The van der Waals surface area contributed by atoms with E-state index < -0.39 is 4.92 Å². The molecule has 1 rings (SSSR count). The summed E-state index contributed by atoms with van der Waals surface area (Å²) in [5.74, 6) is 5.19. The number of carbonyl (C=O) groups is 1. The number of aldehydes is 1. The molecule has 1 aromatic rings. The fourth-order valence-electron chi connectivity index (χ4n) is 1.08. The van der Waals surface area contributed by atoms with Gasteiger partial charge in [0.2, 0.25) is 0 Å². The molecule has 0 aliphatic carbocycles. The molecule has 0 unspecified atom stereocenters. The van der Waals surface area contributed by atoms with Gasteiger partial charge in [0, 0.05) is 11.6 Å². The minimum atomic E-state index is -0.629. The molecule has 0 fully saturated rings. The van der Waals surface area contributed by atoms with E-state index in [1.54, 1.807) is 0 Å². The van der Waals surface area contributed by atoms with Gasteiger partial charge in [-0.25, -0.2) is 0 Å². The van der Waals surface area contributed by atoms with Crippen LogP contribution in [0.1, 0.15) is 22.3 Å². The van der Waals surface area contributed by atoms with Crippen LogP contribution in [0.25, 0.3) is 0 Å². The fraction of sp³-hybridized carbons (Fsp3) is 0.0909. The van der Waals surface area contributed by atoms with Crippen molar-refractivity contribution in [1.82, 2.24) is 0 Å². The second-order valence-corrected chi connectivity index (χ2v) is 2.79. The van der Waals surface area contributed by atoms with Crippen molar-refractivity contribution in [2.24, 2.45) is 0 Å². The van der Waals surface area contributed by atoms with Gasteiger partial charge in [0.1, 0.15) is 0 Å². The number of rotatable bonds is 2. The quantitative estimate of drug-likeness (QED) is 0.324. The molecule has 78 valence electrons. The average Bonchev–Trinajstić information content (AvgIpc) is 2.29. The zero-order chi connectivity index (χ0) is 12.0. The number of nitriles is 1. The second-order valence-electron chi connectivity index (χ2n) is 2.79. The van der Waals surface area contributed by atoms with Gasteiger partial charge in [0.05, 0.1) is 23.0 Å². The van der Waals surface area contributed by atoms with Gasteiger partial charge in [-0.05, 0) is 12.1 Å². The first-order valence-electron chi connectivity index (χ1n) is 4.28. The van der Waals surface area contributed by atoms with Gasteiger partial charge in [-0.15, -0.1) is 0 Å². The van der Waals surface area contributed by atoms with E-state index in [0.717, 1.165) is 0 Å². The highest BCUT2D eigenvalue weighted by Gasteiger charge is 2.12. The zero-order valence-corrected chi connectivity index (χ0v) is 8.14. The summed E-state index contributed by atoms with van der Waals surface area (Å²) >= 11 is 0. The van der Waals surface area contributed by atoms with Gasteiger partial charge in [-0.1, -0.05) is 11.8 Å². The smallest absolute Gasteiger partial charge is 0.279 e. The third-order valence-corrected chi connectivity index (χ3v) is 1.75. The van der Waals surface area contributed by atoms with Crippen molar-refractivity contribution < 1.29 is 9.72 Å². The van der Waals surface area contributed by atoms with Crippen molar-refractivity contribution in [3.05, 3.63) is 39.4 Å². The zero-order valence-electron chi connectivity index (χ0n) is 8.14. The Morgan fingerprint density at radius 2 is 2.25 bits per heavy atom. The Kier molecular flexibility index (Phi) is 3.77. The predicted molar refractivity (Wildman–Crippen MR) is 55.6 cm³/mol. The molecule has 0 amide bonds. The van der Waals surface area contributed by atoms with Crippen LogP contribution >= 0.6 is 0 Å². The molecule has 0 radical (unpaired) electrons. The maximum absolute atomic E-state index is 10.6. The lowest BCUT2D eigenvalue weighted by molar-refractivity contribution is -0.385. The fourth-order valence-corrected chi connectivity index (χ4v) is 1.08. The molecule has 0 atom stereocenters. The van der Waals surface area contributed by atoms with Crippen molar-refractivity contribution in [1.29, 1.82) is 5.26 Å². The van der Waals surface area contributed by atoms with Crippen molar-refractivity contribution in [2.75, 3.05) is 0 Å². The van der Waals surface area contributed by atoms with E-state index in [-0.39, 0.29) is 17.7 Å². The Labute approximate surface area is 91.5 Å². The molecule has 5 nitrogen and oxygen atoms in total. The van der Waals surface area contributed by atoms with Crippen LogP contribution in [0.3, 0.4) is 0 Å². The molecular weight excluding hydrogens is 208 g/mol. The number of hydrogen-bond donors (Lipinski definition) is 0. The summed E-state index contributed by atoms with van der Waals surface area (Å²) in [5, 5.41) is 18.8. The monoisotopic (exact) mass is 214 g/mol. The third kappa shape index (κ3) is 2.66. The average molecular weight is 214 g/mol. The summed E-state index contributed by atoms with van der Waals surface area (Å²) in [6.07, 6.45) is 0.487. The molecule has 0 aliphatic heterocycles. The molecule has 0 aliphatic rings. The molecule has 0 aromatic heterocycles. The lowest BCUT2D eigenvalue weighted by Crippen LogP contribution is -1.94. The highest BCUT2D eigenvalue weighted by atomic mass is 16.6. The van der Waals surface area contributed by atoms with Crippen LogP contribution in [0, 0.1) is 33.3 Å². The van der Waals surface area contributed by atoms with E-state index in [0.29, 0.717) is 11.8 Å². The first kappa shape index (κ1) is 11.4. The third-order valence-electron chi connectivity index (χ3n) is 1.75. The minimum absolute atomic E-state index is 0.0197. The predicted octanol–water partition coefficient (Wildman–Crippen LogP) is 1.67. The first-order valence-corrected chi connectivity index (χ1v) is 4.28. The van der Waals surface area contributed by atoms with Gasteiger partial charge in [-0.2, -0.15) is 5.26 Å². The number of nitro groups is 1. The van der Waals surface area contributed by atoms with E-state index in [2.05, 4.69) is 11.8 Å². The SMILES string of the molecule is N#CCC#Cc1ccc([N+](=O)[O-])c(C=O)c1. The van der Waals surface area contributed by atoms with Crippen molar-refractivity contribution in [3.8, 4) is 17.9 Å². The summed E-state index contributed by atoms with van der Waals surface area (Å²) in [6, 6.07) is 5.84. The maximum atomic E-state index is 10.6. The van der Waals surface area contributed by atoms with Crippen LogP contribution in [0.2, 0.25) is 0 Å². The van der Waals surface area contributed by atoms with Crippen molar-refractivity contribution in [2.45, 2.75) is 6.42 Å². The molecule has 0 saturated carbocycles. The van der Waals surface area contributed by atoms with Crippen LogP contribution in [0.4, 0.5) is 5.69 Å². The summed E-state index contributed by atoms with van der Waals surface area (Å²) in [6.45, 7) is 0. The van der Waals surface area contributed by atoms with Gasteiger partial charge < -0.3 is 0 Å². The number of hydrogen-bond acceptors (Lipinski definition) is 4. The lowest BCUT2D eigenvalue weighted by atomic mass is 10.1. The standard InChI is InChI=1S/C11H6N2O3/c12-6-2-1-3-9-4-5-11(13(15)16)10(7-9)8-14/h4-5,7-8H,2H2. The Bertz CT molecular complexity index is 532. The topological polar surface area (TPSA) is 84.0 Å². The first-order chi connectivity index (χ1) is 7.69. The Hall–Kier alpha value is -2.66. The van der Waals surface area contributed by atoms with E-state index in [4.69, 9.17) is 5.26 Å². The minimum Gasteiger partial charge on any atom is -0.298 e. The lowest BCUT2D eigenvalue weighted by Gasteiger charge is -1.95.